The fraction of sp³-hybridized carbons (Fsp3) is 0.250. The highest BCUT2D eigenvalue weighted by molar-refractivity contribution is 6.31. The van der Waals surface area contributed by atoms with E-state index in [9.17, 15) is 4.79 Å². The number of amides is 1. The van der Waals surface area contributed by atoms with E-state index in [1.54, 1.807) is 18.2 Å². The van der Waals surface area contributed by atoms with Crippen molar-refractivity contribution in [1.29, 1.82) is 0 Å². The number of rotatable bonds is 4. The molecular weight excluding hydrogens is 245 g/mol. The molecule has 0 saturated carbocycles. The van der Waals surface area contributed by atoms with Gasteiger partial charge in [0.2, 0.25) is 0 Å². The third-order valence-electron chi connectivity index (χ3n) is 2.08. The first-order valence-corrected chi connectivity index (χ1v) is 5.81. The van der Waals surface area contributed by atoms with E-state index in [1.165, 1.54) is 0 Å². The molecule has 2 nitrogen and oxygen atoms in total. The molecule has 1 amide bonds. The van der Waals surface area contributed by atoms with Gasteiger partial charge in [-0.2, -0.15) is 0 Å². The van der Waals surface area contributed by atoms with Crippen LogP contribution in [0, 0.1) is 6.92 Å². The molecule has 0 spiro atoms. The second-order valence-corrected chi connectivity index (χ2v) is 4.04. The van der Waals surface area contributed by atoms with Gasteiger partial charge < -0.3 is 5.32 Å². The lowest BCUT2D eigenvalue weighted by Crippen LogP contribution is -2.24. The normalized spacial score (nSPS) is 10.7. The fourth-order valence-corrected chi connectivity index (χ4v) is 1.53. The van der Waals surface area contributed by atoms with Crippen molar-refractivity contribution in [3.63, 3.8) is 0 Å². The minimum absolute atomic E-state index is 0.126. The summed E-state index contributed by atoms with van der Waals surface area (Å²) in [6.07, 6.45) is 3.59. The number of halogens is 2. The Balaban J connectivity index is 2.65. The zero-order chi connectivity index (χ0) is 12.0. The Morgan fingerprint density at radius 2 is 2.19 bits per heavy atom. The molecule has 0 aliphatic rings. The standard InChI is InChI=1S/C12H13Cl2NO/c1-9-4-5-10(14)8-11(9)12(16)15-7-3-2-6-13/h2-5,8H,6-7H2,1H3,(H,15,16)/b3-2+. The zero-order valence-electron chi connectivity index (χ0n) is 8.97. The van der Waals surface area contributed by atoms with Crippen LogP contribution in [0.4, 0.5) is 0 Å². The summed E-state index contributed by atoms with van der Waals surface area (Å²) in [6.45, 7) is 2.34. The van der Waals surface area contributed by atoms with Crippen LogP contribution in [0.15, 0.2) is 30.4 Å². The molecule has 0 radical (unpaired) electrons. The Hall–Kier alpha value is -0.990. The van der Waals surface area contributed by atoms with Crippen LogP contribution >= 0.6 is 23.2 Å². The minimum atomic E-state index is -0.126. The minimum Gasteiger partial charge on any atom is -0.349 e. The van der Waals surface area contributed by atoms with Crippen molar-refractivity contribution in [2.45, 2.75) is 6.92 Å². The van der Waals surface area contributed by atoms with E-state index in [2.05, 4.69) is 5.32 Å². The third kappa shape index (κ3) is 3.87. The number of carbonyl (C=O) groups is 1. The van der Waals surface area contributed by atoms with Gasteiger partial charge in [-0.15, -0.1) is 11.6 Å². The molecule has 1 rings (SSSR count). The van der Waals surface area contributed by atoms with E-state index in [1.807, 2.05) is 19.1 Å². The summed E-state index contributed by atoms with van der Waals surface area (Å²) in [6, 6.07) is 5.25. The molecule has 1 aromatic carbocycles. The number of allylic oxidation sites excluding steroid dienone is 1. The SMILES string of the molecule is Cc1ccc(Cl)cc1C(=O)NC/C=C/CCl. The van der Waals surface area contributed by atoms with Gasteiger partial charge in [-0.05, 0) is 24.6 Å². The van der Waals surface area contributed by atoms with Gasteiger partial charge in [-0.3, -0.25) is 4.79 Å². The molecule has 0 unspecified atom stereocenters. The lowest BCUT2D eigenvalue weighted by atomic mass is 10.1. The maximum atomic E-state index is 11.7. The molecule has 1 N–H and O–H groups in total. The Bertz CT molecular complexity index is 402. The number of nitrogens with one attached hydrogen (secondary N) is 1. The molecule has 0 aliphatic heterocycles. The fourth-order valence-electron chi connectivity index (χ4n) is 1.23. The molecule has 0 heterocycles. The highest BCUT2D eigenvalue weighted by atomic mass is 35.5. The topological polar surface area (TPSA) is 29.1 Å². The first kappa shape index (κ1) is 13.1. The van der Waals surface area contributed by atoms with E-state index >= 15 is 0 Å². The van der Waals surface area contributed by atoms with Crippen LogP contribution < -0.4 is 5.32 Å². The molecule has 0 aromatic heterocycles. The number of aryl methyl sites for hydroxylation is 1. The maximum absolute atomic E-state index is 11.7. The predicted octanol–water partition coefficient (Wildman–Crippen LogP) is 3.17. The summed E-state index contributed by atoms with van der Waals surface area (Å²) >= 11 is 11.3. The highest BCUT2D eigenvalue weighted by Gasteiger charge is 2.07. The largest absolute Gasteiger partial charge is 0.349 e. The van der Waals surface area contributed by atoms with Gasteiger partial charge in [0, 0.05) is 23.0 Å². The molecule has 4 heteroatoms. The third-order valence-corrected chi connectivity index (χ3v) is 2.49. The summed E-state index contributed by atoms with van der Waals surface area (Å²) < 4.78 is 0. The molecular formula is C12H13Cl2NO. The summed E-state index contributed by atoms with van der Waals surface area (Å²) in [5, 5.41) is 3.32. The highest BCUT2D eigenvalue weighted by Crippen LogP contribution is 2.15. The molecule has 0 atom stereocenters. The average Bonchev–Trinajstić information content (AvgIpc) is 2.27. The maximum Gasteiger partial charge on any atom is 0.251 e. The van der Waals surface area contributed by atoms with Crippen molar-refractivity contribution in [3.8, 4) is 0 Å². The average molecular weight is 258 g/mol. The summed E-state index contributed by atoms with van der Waals surface area (Å²) in [7, 11) is 0. The van der Waals surface area contributed by atoms with E-state index in [0.29, 0.717) is 23.0 Å². The number of alkyl halides is 1. The van der Waals surface area contributed by atoms with Crippen LogP contribution in [0.25, 0.3) is 0 Å². The quantitative estimate of drug-likeness (QED) is 0.652. The Morgan fingerprint density at radius 3 is 2.88 bits per heavy atom. The van der Waals surface area contributed by atoms with E-state index in [0.717, 1.165) is 5.56 Å². The number of carbonyl (C=O) groups excluding carboxylic acids is 1. The second-order valence-electron chi connectivity index (χ2n) is 3.29. The Kier molecular flexibility index (Phi) is 5.36. The second kappa shape index (κ2) is 6.56. The first-order chi connectivity index (χ1) is 7.65. The lowest BCUT2D eigenvalue weighted by Gasteiger charge is -2.06. The molecule has 0 bridgehead atoms. The summed E-state index contributed by atoms with van der Waals surface area (Å²) in [5.41, 5.74) is 1.51. The number of hydrogen-bond acceptors (Lipinski definition) is 1. The Labute approximate surface area is 105 Å². The molecule has 16 heavy (non-hydrogen) atoms. The molecule has 0 aliphatic carbocycles. The van der Waals surface area contributed by atoms with Gasteiger partial charge in [-0.1, -0.05) is 29.8 Å². The lowest BCUT2D eigenvalue weighted by molar-refractivity contribution is 0.0957. The number of benzene rings is 1. The molecule has 0 saturated heterocycles. The van der Waals surface area contributed by atoms with Crippen LogP contribution in [-0.4, -0.2) is 18.3 Å². The summed E-state index contributed by atoms with van der Waals surface area (Å²) in [4.78, 5) is 11.7. The van der Waals surface area contributed by atoms with Gasteiger partial charge in [0.25, 0.3) is 5.91 Å². The van der Waals surface area contributed by atoms with Gasteiger partial charge in [0.1, 0.15) is 0 Å². The van der Waals surface area contributed by atoms with Gasteiger partial charge in [0.15, 0.2) is 0 Å². The van der Waals surface area contributed by atoms with Crippen molar-refractivity contribution in [3.05, 3.63) is 46.5 Å². The number of hydrogen-bond donors (Lipinski definition) is 1. The van der Waals surface area contributed by atoms with Crippen LogP contribution in [0.1, 0.15) is 15.9 Å². The van der Waals surface area contributed by atoms with Gasteiger partial charge in [-0.25, -0.2) is 0 Å². The zero-order valence-corrected chi connectivity index (χ0v) is 10.5. The van der Waals surface area contributed by atoms with Crippen molar-refractivity contribution < 1.29 is 4.79 Å². The monoisotopic (exact) mass is 257 g/mol. The van der Waals surface area contributed by atoms with Crippen molar-refractivity contribution >= 4 is 29.1 Å². The van der Waals surface area contributed by atoms with Crippen LogP contribution in [0.2, 0.25) is 5.02 Å². The smallest absolute Gasteiger partial charge is 0.251 e. The van der Waals surface area contributed by atoms with Crippen LogP contribution in [0.5, 0.6) is 0 Å². The van der Waals surface area contributed by atoms with Crippen molar-refractivity contribution in [1.82, 2.24) is 5.32 Å². The van der Waals surface area contributed by atoms with Crippen LogP contribution in [-0.2, 0) is 0 Å². The molecule has 0 fully saturated rings. The summed E-state index contributed by atoms with van der Waals surface area (Å²) in [5.74, 6) is 0.325. The van der Waals surface area contributed by atoms with Gasteiger partial charge in [0.05, 0.1) is 0 Å². The molecule has 1 aromatic rings. The van der Waals surface area contributed by atoms with E-state index in [-0.39, 0.29) is 5.91 Å². The molecule has 86 valence electrons. The van der Waals surface area contributed by atoms with Crippen molar-refractivity contribution in [2.24, 2.45) is 0 Å². The van der Waals surface area contributed by atoms with Crippen LogP contribution in [0.3, 0.4) is 0 Å². The first-order valence-electron chi connectivity index (χ1n) is 4.90. The predicted molar refractivity (Wildman–Crippen MR) is 68.4 cm³/mol. The van der Waals surface area contributed by atoms with Gasteiger partial charge >= 0.3 is 0 Å². The van der Waals surface area contributed by atoms with E-state index < -0.39 is 0 Å². The Morgan fingerprint density at radius 1 is 1.44 bits per heavy atom. The van der Waals surface area contributed by atoms with E-state index in [4.69, 9.17) is 23.2 Å². The van der Waals surface area contributed by atoms with Crippen molar-refractivity contribution in [2.75, 3.05) is 12.4 Å².